The number of fused-ring (bicyclic) bond motifs is 1. The molecule has 0 radical (unpaired) electrons. The molecule has 2 aromatic rings. The summed E-state index contributed by atoms with van der Waals surface area (Å²) in [7, 11) is 0. The predicted molar refractivity (Wildman–Crippen MR) is 94.5 cm³/mol. The van der Waals surface area contributed by atoms with Crippen LogP contribution in [0.25, 0.3) is 0 Å². The van der Waals surface area contributed by atoms with Crippen molar-refractivity contribution in [1.29, 1.82) is 0 Å². The Bertz CT molecular complexity index is 697. The molecule has 0 saturated heterocycles. The van der Waals surface area contributed by atoms with Gasteiger partial charge in [0.2, 0.25) is 5.91 Å². The summed E-state index contributed by atoms with van der Waals surface area (Å²) < 4.78 is 0. The SMILES string of the molecule is CC(C)C(C(=O)NCc1ccc2c(n1)CCCC2)c1ccccn1. The third-order valence-electron chi connectivity index (χ3n) is 4.64. The smallest absolute Gasteiger partial charge is 0.229 e. The van der Waals surface area contributed by atoms with Crippen LogP contribution in [0.2, 0.25) is 0 Å². The Morgan fingerprint density at radius 2 is 2.00 bits per heavy atom. The Morgan fingerprint density at radius 1 is 1.17 bits per heavy atom. The fraction of sp³-hybridized carbons (Fsp3) is 0.450. The Morgan fingerprint density at radius 3 is 2.75 bits per heavy atom. The van der Waals surface area contributed by atoms with E-state index in [-0.39, 0.29) is 17.7 Å². The second-order valence-electron chi connectivity index (χ2n) is 6.81. The lowest BCUT2D eigenvalue weighted by Crippen LogP contribution is -2.32. The number of nitrogens with one attached hydrogen (secondary N) is 1. The van der Waals surface area contributed by atoms with Crippen LogP contribution < -0.4 is 5.32 Å². The van der Waals surface area contributed by atoms with Crippen LogP contribution in [-0.2, 0) is 24.2 Å². The van der Waals surface area contributed by atoms with E-state index in [4.69, 9.17) is 4.98 Å². The maximum atomic E-state index is 12.7. The van der Waals surface area contributed by atoms with Crippen molar-refractivity contribution in [1.82, 2.24) is 15.3 Å². The highest BCUT2D eigenvalue weighted by molar-refractivity contribution is 5.83. The first-order chi connectivity index (χ1) is 11.6. The number of nitrogens with zero attached hydrogens (tertiary/aromatic N) is 2. The molecule has 1 N–H and O–H groups in total. The fourth-order valence-corrected chi connectivity index (χ4v) is 3.35. The van der Waals surface area contributed by atoms with Crippen molar-refractivity contribution in [2.75, 3.05) is 0 Å². The van der Waals surface area contributed by atoms with Crippen molar-refractivity contribution in [3.8, 4) is 0 Å². The number of carbonyl (C=O) groups excluding carboxylic acids is 1. The van der Waals surface area contributed by atoms with Gasteiger partial charge in [-0.1, -0.05) is 26.0 Å². The molecule has 1 aliphatic rings. The lowest BCUT2D eigenvalue weighted by molar-refractivity contribution is -0.123. The Hall–Kier alpha value is -2.23. The number of hydrogen-bond donors (Lipinski definition) is 1. The van der Waals surface area contributed by atoms with E-state index >= 15 is 0 Å². The normalized spacial score (nSPS) is 15.0. The van der Waals surface area contributed by atoms with E-state index in [1.165, 1.54) is 24.1 Å². The molecular formula is C20H25N3O. The van der Waals surface area contributed by atoms with Gasteiger partial charge < -0.3 is 5.32 Å². The zero-order valence-corrected chi connectivity index (χ0v) is 14.5. The summed E-state index contributed by atoms with van der Waals surface area (Å²) in [4.78, 5) is 21.8. The molecule has 0 fully saturated rings. The van der Waals surface area contributed by atoms with Crippen molar-refractivity contribution >= 4 is 5.91 Å². The van der Waals surface area contributed by atoms with Crippen LogP contribution in [0.15, 0.2) is 36.5 Å². The number of amides is 1. The topological polar surface area (TPSA) is 54.9 Å². The second kappa shape index (κ2) is 7.56. The maximum Gasteiger partial charge on any atom is 0.229 e. The Kier molecular flexibility index (Phi) is 5.24. The minimum absolute atomic E-state index is 0.0169. The summed E-state index contributed by atoms with van der Waals surface area (Å²) in [5.41, 5.74) is 4.33. The van der Waals surface area contributed by atoms with E-state index in [9.17, 15) is 4.79 Å². The molecule has 0 bridgehead atoms. The van der Waals surface area contributed by atoms with Gasteiger partial charge in [0.15, 0.2) is 0 Å². The molecule has 1 unspecified atom stereocenters. The van der Waals surface area contributed by atoms with Gasteiger partial charge in [-0.2, -0.15) is 0 Å². The molecule has 0 saturated carbocycles. The average Bonchev–Trinajstić information content (AvgIpc) is 2.60. The molecule has 24 heavy (non-hydrogen) atoms. The maximum absolute atomic E-state index is 12.7. The van der Waals surface area contributed by atoms with Crippen molar-refractivity contribution in [2.24, 2.45) is 5.92 Å². The Labute approximate surface area is 143 Å². The van der Waals surface area contributed by atoms with E-state index in [2.05, 4.69) is 30.2 Å². The molecule has 1 atom stereocenters. The van der Waals surface area contributed by atoms with Crippen LogP contribution in [-0.4, -0.2) is 15.9 Å². The van der Waals surface area contributed by atoms with Gasteiger partial charge in [0.05, 0.1) is 23.9 Å². The van der Waals surface area contributed by atoms with E-state index in [1.54, 1.807) is 6.20 Å². The first-order valence-corrected chi connectivity index (χ1v) is 8.81. The number of aromatic nitrogens is 2. The van der Waals surface area contributed by atoms with Gasteiger partial charge in [-0.3, -0.25) is 14.8 Å². The minimum Gasteiger partial charge on any atom is -0.350 e. The number of aryl methyl sites for hydroxylation is 2. The van der Waals surface area contributed by atoms with Crippen LogP contribution in [0.3, 0.4) is 0 Å². The molecule has 2 heterocycles. The van der Waals surface area contributed by atoms with Crippen LogP contribution in [0.4, 0.5) is 0 Å². The number of rotatable bonds is 5. The number of hydrogen-bond acceptors (Lipinski definition) is 3. The Balaban J connectivity index is 1.68. The molecule has 4 nitrogen and oxygen atoms in total. The highest BCUT2D eigenvalue weighted by Crippen LogP contribution is 2.23. The van der Waals surface area contributed by atoms with E-state index in [0.29, 0.717) is 6.54 Å². The van der Waals surface area contributed by atoms with Gasteiger partial charge in [0.25, 0.3) is 0 Å². The van der Waals surface area contributed by atoms with Crippen LogP contribution in [0, 0.1) is 5.92 Å². The molecule has 0 aliphatic heterocycles. The third-order valence-corrected chi connectivity index (χ3v) is 4.64. The van der Waals surface area contributed by atoms with Crippen molar-refractivity contribution in [3.05, 3.63) is 59.2 Å². The molecule has 1 amide bonds. The van der Waals surface area contributed by atoms with Crippen LogP contribution in [0.5, 0.6) is 0 Å². The molecule has 0 aromatic carbocycles. The number of carbonyl (C=O) groups is 1. The van der Waals surface area contributed by atoms with Gasteiger partial charge in [0, 0.05) is 11.9 Å². The lowest BCUT2D eigenvalue weighted by Gasteiger charge is -2.20. The number of pyridine rings is 2. The first-order valence-electron chi connectivity index (χ1n) is 8.81. The first kappa shape index (κ1) is 16.6. The highest BCUT2D eigenvalue weighted by atomic mass is 16.1. The zero-order valence-electron chi connectivity index (χ0n) is 14.5. The van der Waals surface area contributed by atoms with Gasteiger partial charge in [-0.05, 0) is 55.4 Å². The summed E-state index contributed by atoms with van der Waals surface area (Å²) in [6, 6.07) is 9.92. The van der Waals surface area contributed by atoms with Crippen LogP contribution in [0.1, 0.15) is 55.3 Å². The second-order valence-corrected chi connectivity index (χ2v) is 6.81. The fourth-order valence-electron chi connectivity index (χ4n) is 3.35. The predicted octanol–water partition coefficient (Wildman–Crippen LogP) is 3.41. The average molecular weight is 323 g/mol. The van der Waals surface area contributed by atoms with E-state index < -0.39 is 0 Å². The zero-order chi connectivity index (χ0) is 16.9. The van der Waals surface area contributed by atoms with Gasteiger partial charge in [-0.15, -0.1) is 0 Å². The quantitative estimate of drug-likeness (QED) is 0.917. The molecule has 126 valence electrons. The van der Waals surface area contributed by atoms with E-state index in [0.717, 1.165) is 24.2 Å². The standard InChI is InChI=1S/C20H25N3O/c1-14(2)19(18-9-5-6-12-21-18)20(24)22-13-16-11-10-15-7-3-4-8-17(15)23-16/h5-6,9-12,14,19H,3-4,7-8,13H2,1-2H3,(H,22,24). The molecule has 3 rings (SSSR count). The third kappa shape index (κ3) is 3.81. The van der Waals surface area contributed by atoms with Gasteiger partial charge in [0.1, 0.15) is 0 Å². The van der Waals surface area contributed by atoms with Crippen LogP contribution >= 0.6 is 0 Å². The summed E-state index contributed by atoms with van der Waals surface area (Å²) in [5.74, 6) is -0.0246. The summed E-state index contributed by atoms with van der Waals surface area (Å²) in [6.45, 7) is 4.58. The van der Waals surface area contributed by atoms with Crippen molar-refractivity contribution < 1.29 is 4.79 Å². The summed E-state index contributed by atoms with van der Waals surface area (Å²) in [6.07, 6.45) is 6.39. The van der Waals surface area contributed by atoms with Crippen molar-refractivity contribution in [3.63, 3.8) is 0 Å². The van der Waals surface area contributed by atoms with Crippen molar-refractivity contribution in [2.45, 2.75) is 52.0 Å². The highest BCUT2D eigenvalue weighted by Gasteiger charge is 2.25. The van der Waals surface area contributed by atoms with E-state index in [1.807, 2.05) is 24.3 Å². The largest absolute Gasteiger partial charge is 0.350 e. The van der Waals surface area contributed by atoms with Gasteiger partial charge in [-0.25, -0.2) is 0 Å². The molecule has 4 heteroatoms. The molecule has 2 aromatic heterocycles. The molecule has 1 aliphatic carbocycles. The minimum atomic E-state index is -0.233. The molecular weight excluding hydrogens is 298 g/mol. The molecule has 0 spiro atoms. The summed E-state index contributed by atoms with van der Waals surface area (Å²) >= 11 is 0. The summed E-state index contributed by atoms with van der Waals surface area (Å²) in [5, 5.41) is 3.04. The van der Waals surface area contributed by atoms with Gasteiger partial charge >= 0.3 is 0 Å². The lowest BCUT2D eigenvalue weighted by atomic mass is 9.91. The monoisotopic (exact) mass is 323 g/mol.